The Hall–Kier alpha value is -1.63. The molecule has 3 rings (SSSR count). The second kappa shape index (κ2) is 7.96. The van der Waals surface area contributed by atoms with E-state index >= 15 is 0 Å². The van der Waals surface area contributed by atoms with Gasteiger partial charge in [0.2, 0.25) is 0 Å². The van der Waals surface area contributed by atoms with Gasteiger partial charge in [-0.1, -0.05) is 26.7 Å². The van der Waals surface area contributed by atoms with E-state index in [0.29, 0.717) is 5.92 Å². The van der Waals surface area contributed by atoms with Gasteiger partial charge >= 0.3 is 6.03 Å². The van der Waals surface area contributed by atoms with E-state index in [1.807, 2.05) is 4.68 Å². The maximum atomic E-state index is 12.4. The summed E-state index contributed by atoms with van der Waals surface area (Å²) in [4.78, 5) is 16.7. The largest absolute Gasteiger partial charge is 0.378 e. The maximum absolute atomic E-state index is 12.4. The molecular weight excluding hydrogens is 306 g/mol. The maximum Gasteiger partial charge on any atom is 0.315 e. The monoisotopic (exact) mass is 335 g/mol. The van der Waals surface area contributed by atoms with Crippen LogP contribution >= 0.6 is 0 Å². The Morgan fingerprint density at radius 1 is 1.38 bits per heavy atom. The summed E-state index contributed by atoms with van der Waals surface area (Å²) in [6, 6.07) is 0.0355. The molecular formula is C17H29N5O2. The van der Waals surface area contributed by atoms with Crippen molar-refractivity contribution >= 4 is 6.03 Å². The molecule has 134 valence electrons. The van der Waals surface area contributed by atoms with Crippen molar-refractivity contribution in [1.29, 1.82) is 0 Å². The van der Waals surface area contributed by atoms with Crippen LogP contribution in [0.5, 0.6) is 0 Å². The molecule has 2 N–H and O–H groups in total. The van der Waals surface area contributed by atoms with Crippen LogP contribution < -0.4 is 10.6 Å². The number of nitrogens with zero attached hydrogens (tertiary/aromatic N) is 3. The van der Waals surface area contributed by atoms with E-state index in [1.54, 1.807) is 6.33 Å². The molecule has 3 heterocycles. The van der Waals surface area contributed by atoms with Gasteiger partial charge in [-0.25, -0.2) is 14.5 Å². The van der Waals surface area contributed by atoms with Crippen LogP contribution in [0.2, 0.25) is 0 Å². The van der Waals surface area contributed by atoms with Gasteiger partial charge in [-0.05, 0) is 31.6 Å². The highest BCUT2D eigenvalue weighted by Gasteiger charge is 2.29. The number of urea groups is 1. The molecule has 0 unspecified atom stereocenters. The van der Waals surface area contributed by atoms with Crippen LogP contribution in [0.1, 0.15) is 64.2 Å². The van der Waals surface area contributed by atoms with Gasteiger partial charge in [0.25, 0.3) is 0 Å². The van der Waals surface area contributed by atoms with Crippen molar-refractivity contribution in [3.63, 3.8) is 0 Å². The number of ether oxygens (including phenoxy) is 1. The van der Waals surface area contributed by atoms with Gasteiger partial charge in [-0.3, -0.25) is 0 Å². The standard InChI is InChI=1S/C17H29N5O2/c1-3-12(4-2)15-10-13(7-9-24-15)20-17(23)21-14-6-5-8-22-16(14)18-11-19-22/h11-15H,3-10H2,1-2H3,(H2,20,21,23)/t13-,14-,15+/m1/s1. The van der Waals surface area contributed by atoms with Crippen LogP contribution in [0.25, 0.3) is 0 Å². The van der Waals surface area contributed by atoms with Crippen molar-refractivity contribution in [2.45, 2.75) is 77.1 Å². The van der Waals surface area contributed by atoms with Gasteiger partial charge in [0.05, 0.1) is 12.1 Å². The van der Waals surface area contributed by atoms with Crippen molar-refractivity contribution < 1.29 is 9.53 Å². The van der Waals surface area contributed by atoms with E-state index in [2.05, 4.69) is 34.6 Å². The van der Waals surface area contributed by atoms with Gasteiger partial charge in [-0.15, -0.1) is 0 Å². The zero-order chi connectivity index (χ0) is 16.9. The fourth-order valence-corrected chi connectivity index (χ4v) is 3.91. The van der Waals surface area contributed by atoms with Gasteiger partial charge in [-0.2, -0.15) is 5.10 Å². The van der Waals surface area contributed by atoms with Crippen molar-refractivity contribution in [2.75, 3.05) is 6.61 Å². The number of carbonyl (C=O) groups is 1. The molecule has 1 saturated heterocycles. The molecule has 7 nitrogen and oxygen atoms in total. The Morgan fingerprint density at radius 3 is 3.00 bits per heavy atom. The number of hydrogen-bond acceptors (Lipinski definition) is 4. The molecule has 0 radical (unpaired) electrons. The summed E-state index contributed by atoms with van der Waals surface area (Å²) in [6.07, 6.45) is 7.77. The first kappa shape index (κ1) is 17.2. The van der Waals surface area contributed by atoms with E-state index in [-0.39, 0.29) is 24.2 Å². The third kappa shape index (κ3) is 3.88. The van der Waals surface area contributed by atoms with Gasteiger partial charge in [0.1, 0.15) is 12.2 Å². The number of carbonyl (C=O) groups excluding carboxylic acids is 1. The number of hydrogen-bond donors (Lipinski definition) is 2. The third-order valence-corrected chi connectivity index (χ3v) is 5.35. The Kier molecular flexibility index (Phi) is 5.71. The molecule has 0 aromatic carbocycles. The minimum absolute atomic E-state index is 0.0454. The minimum atomic E-state index is -0.105. The summed E-state index contributed by atoms with van der Waals surface area (Å²) in [7, 11) is 0. The van der Waals surface area contributed by atoms with Gasteiger partial charge < -0.3 is 15.4 Å². The summed E-state index contributed by atoms with van der Waals surface area (Å²) in [5, 5.41) is 10.4. The van der Waals surface area contributed by atoms with Crippen molar-refractivity contribution in [3.8, 4) is 0 Å². The Bertz CT molecular complexity index is 543. The minimum Gasteiger partial charge on any atom is -0.378 e. The van der Waals surface area contributed by atoms with Crippen LogP contribution in [0, 0.1) is 5.92 Å². The lowest BCUT2D eigenvalue weighted by atomic mass is 9.89. The molecule has 2 aliphatic heterocycles. The highest BCUT2D eigenvalue weighted by Crippen LogP contribution is 2.25. The summed E-state index contributed by atoms with van der Waals surface area (Å²) in [6.45, 7) is 6.02. The Balaban J connectivity index is 1.52. The average Bonchev–Trinajstić information content (AvgIpc) is 3.06. The van der Waals surface area contributed by atoms with E-state index in [1.165, 1.54) is 0 Å². The second-order valence-corrected chi connectivity index (χ2v) is 6.86. The fraction of sp³-hybridized carbons (Fsp3) is 0.824. The predicted molar refractivity (Wildman–Crippen MR) is 90.5 cm³/mol. The summed E-state index contributed by atoms with van der Waals surface area (Å²) in [5.41, 5.74) is 0. The highest BCUT2D eigenvalue weighted by molar-refractivity contribution is 5.74. The first-order valence-corrected chi connectivity index (χ1v) is 9.27. The van der Waals surface area contributed by atoms with E-state index in [4.69, 9.17) is 4.74 Å². The highest BCUT2D eigenvalue weighted by atomic mass is 16.5. The van der Waals surface area contributed by atoms with Crippen LogP contribution in [0.15, 0.2) is 6.33 Å². The quantitative estimate of drug-likeness (QED) is 0.866. The predicted octanol–water partition coefficient (Wildman–Crippen LogP) is 2.40. The summed E-state index contributed by atoms with van der Waals surface area (Å²) in [5.74, 6) is 1.44. The SMILES string of the molecule is CCC(CC)[C@@H]1C[C@H](NC(=O)N[C@@H]2CCCn3ncnc32)CCO1. The number of fused-ring (bicyclic) bond motifs is 1. The fourth-order valence-electron chi connectivity index (χ4n) is 3.91. The molecule has 1 fully saturated rings. The van der Waals surface area contributed by atoms with Crippen molar-refractivity contribution in [3.05, 3.63) is 12.2 Å². The van der Waals surface area contributed by atoms with Crippen LogP contribution in [0.3, 0.4) is 0 Å². The first-order valence-electron chi connectivity index (χ1n) is 9.27. The molecule has 24 heavy (non-hydrogen) atoms. The number of aromatic nitrogens is 3. The van der Waals surface area contributed by atoms with Crippen LogP contribution in [-0.4, -0.2) is 39.5 Å². The zero-order valence-corrected chi connectivity index (χ0v) is 14.7. The molecule has 3 atom stereocenters. The third-order valence-electron chi connectivity index (χ3n) is 5.35. The van der Waals surface area contributed by atoms with E-state index in [0.717, 1.165) is 57.5 Å². The zero-order valence-electron chi connectivity index (χ0n) is 14.7. The lowest BCUT2D eigenvalue weighted by molar-refractivity contribution is -0.0331. The number of rotatable bonds is 5. The Morgan fingerprint density at radius 2 is 2.21 bits per heavy atom. The molecule has 1 aromatic rings. The average molecular weight is 335 g/mol. The van der Waals surface area contributed by atoms with Crippen molar-refractivity contribution in [2.24, 2.45) is 5.92 Å². The lowest BCUT2D eigenvalue weighted by Gasteiger charge is -2.34. The van der Waals surface area contributed by atoms with Crippen LogP contribution in [-0.2, 0) is 11.3 Å². The molecule has 0 saturated carbocycles. The van der Waals surface area contributed by atoms with Gasteiger partial charge in [0, 0.05) is 19.2 Å². The van der Waals surface area contributed by atoms with Crippen LogP contribution in [0.4, 0.5) is 4.79 Å². The molecule has 7 heteroatoms. The lowest BCUT2D eigenvalue weighted by Crippen LogP contribution is -2.48. The topological polar surface area (TPSA) is 81.1 Å². The van der Waals surface area contributed by atoms with E-state index in [9.17, 15) is 4.79 Å². The number of aryl methyl sites for hydroxylation is 1. The smallest absolute Gasteiger partial charge is 0.315 e. The number of nitrogens with one attached hydrogen (secondary N) is 2. The molecule has 2 amide bonds. The summed E-state index contributed by atoms with van der Waals surface area (Å²) >= 11 is 0. The Labute approximate surface area is 143 Å². The van der Waals surface area contributed by atoms with Gasteiger partial charge in [0.15, 0.2) is 0 Å². The second-order valence-electron chi connectivity index (χ2n) is 6.86. The molecule has 0 bridgehead atoms. The van der Waals surface area contributed by atoms with Crippen molar-refractivity contribution in [1.82, 2.24) is 25.4 Å². The molecule has 0 spiro atoms. The molecule has 2 aliphatic rings. The molecule has 1 aromatic heterocycles. The van der Waals surface area contributed by atoms with E-state index < -0.39 is 0 Å². The summed E-state index contributed by atoms with van der Waals surface area (Å²) < 4.78 is 7.81. The number of amides is 2. The normalized spacial score (nSPS) is 26.9. The molecule has 0 aliphatic carbocycles. The first-order chi connectivity index (χ1) is 11.7.